The second-order valence-corrected chi connectivity index (χ2v) is 5.99. The Balaban J connectivity index is 2.24. The highest BCUT2D eigenvalue weighted by atomic mass is 16.5. The zero-order chi connectivity index (χ0) is 17.7. The first-order valence-corrected chi connectivity index (χ1v) is 8.05. The molecule has 128 valence electrons. The third kappa shape index (κ3) is 3.85. The second kappa shape index (κ2) is 7.82. The SMILES string of the molecule is COc1cc(C(=O)[C@@H](C#N)C(=O)N2CCCC2)ccc1OC(C)C. The lowest BCUT2D eigenvalue weighted by molar-refractivity contribution is -0.131. The van der Waals surface area contributed by atoms with Gasteiger partial charge in [-0.1, -0.05) is 0 Å². The molecule has 2 rings (SSSR count). The Bertz CT molecular complexity index is 657. The van der Waals surface area contributed by atoms with Gasteiger partial charge in [-0.15, -0.1) is 0 Å². The van der Waals surface area contributed by atoms with Gasteiger partial charge in [0.05, 0.1) is 19.3 Å². The first-order chi connectivity index (χ1) is 11.5. The predicted molar refractivity (Wildman–Crippen MR) is 88.0 cm³/mol. The van der Waals surface area contributed by atoms with Crippen molar-refractivity contribution in [3.63, 3.8) is 0 Å². The van der Waals surface area contributed by atoms with E-state index in [2.05, 4.69) is 0 Å². The van der Waals surface area contributed by atoms with Gasteiger partial charge in [0.1, 0.15) is 0 Å². The molecule has 6 nitrogen and oxygen atoms in total. The van der Waals surface area contributed by atoms with Crippen LogP contribution in [0.25, 0.3) is 0 Å². The molecule has 1 atom stereocenters. The van der Waals surface area contributed by atoms with E-state index in [9.17, 15) is 14.9 Å². The van der Waals surface area contributed by atoms with Crippen LogP contribution in [0, 0.1) is 17.2 Å². The largest absolute Gasteiger partial charge is 0.493 e. The zero-order valence-electron chi connectivity index (χ0n) is 14.2. The predicted octanol–water partition coefficient (Wildman–Crippen LogP) is 2.43. The summed E-state index contributed by atoms with van der Waals surface area (Å²) in [7, 11) is 1.48. The maximum atomic E-state index is 12.6. The van der Waals surface area contributed by atoms with Gasteiger partial charge in [0.15, 0.2) is 23.2 Å². The normalized spacial score (nSPS) is 15.0. The lowest BCUT2D eigenvalue weighted by Crippen LogP contribution is -2.37. The number of benzene rings is 1. The summed E-state index contributed by atoms with van der Waals surface area (Å²) < 4.78 is 10.9. The molecule has 24 heavy (non-hydrogen) atoms. The Labute approximate surface area is 142 Å². The minimum Gasteiger partial charge on any atom is -0.493 e. The van der Waals surface area contributed by atoms with Crippen LogP contribution in [0.2, 0.25) is 0 Å². The van der Waals surface area contributed by atoms with Gasteiger partial charge in [-0.3, -0.25) is 9.59 Å². The first kappa shape index (κ1) is 17.8. The van der Waals surface area contributed by atoms with E-state index in [-0.39, 0.29) is 11.7 Å². The lowest BCUT2D eigenvalue weighted by atomic mass is 9.97. The molecule has 0 saturated carbocycles. The Morgan fingerprint density at radius 2 is 1.88 bits per heavy atom. The van der Waals surface area contributed by atoms with Gasteiger partial charge >= 0.3 is 0 Å². The van der Waals surface area contributed by atoms with Crippen LogP contribution in [0.5, 0.6) is 11.5 Å². The summed E-state index contributed by atoms with van der Waals surface area (Å²) in [5, 5.41) is 9.31. The van der Waals surface area contributed by atoms with Crippen LogP contribution in [0.3, 0.4) is 0 Å². The lowest BCUT2D eigenvalue weighted by Gasteiger charge is -2.18. The number of hydrogen-bond acceptors (Lipinski definition) is 5. The molecule has 0 bridgehead atoms. The van der Waals surface area contributed by atoms with Crippen molar-refractivity contribution in [1.29, 1.82) is 5.26 Å². The highest BCUT2D eigenvalue weighted by molar-refractivity contribution is 6.12. The van der Waals surface area contributed by atoms with Crippen LogP contribution in [0.15, 0.2) is 18.2 Å². The summed E-state index contributed by atoms with van der Waals surface area (Å²) in [6.45, 7) is 4.99. The maximum absolute atomic E-state index is 12.6. The number of rotatable bonds is 6. The number of ketones is 1. The molecule has 1 saturated heterocycles. The van der Waals surface area contributed by atoms with E-state index in [1.54, 1.807) is 17.0 Å². The topological polar surface area (TPSA) is 79.6 Å². The molecule has 1 aromatic rings. The summed E-state index contributed by atoms with van der Waals surface area (Å²) in [5.74, 6) is -1.32. The van der Waals surface area contributed by atoms with Crippen molar-refractivity contribution in [2.75, 3.05) is 20.2 Å². The molecule has 0 aliphatic carbocycles. The summed E-state index contributed by atoms with van der Waals surface area (Å²) in [6, 6.07) is 6.55. The van der Waals surface area contributed by atoms with Crippen molar-refractivity contribution < 1.29 is 19.1 Å². The standard InChI is InChI=1S/C18H22N2O4/c1-12(2)24-15-7-6-13(10-16(15)23-3)17(21)14(11-19)18(22)20-8-4-5-9-20/h6-7,10,12,14H,4-5,8-9H2,1-3H3/t14-/m1/s1. The fraction of sp³-hybridized carbons (Fsp3) is 0.500. The van der Waals surface area contributed by atoms with E-state index in [1.807, 2.05) is 19.9 Å². The molecular formula is C18H22N2O4. The highest BCUT2D eigenvalue weighted by Gasteiger charge is 2.33. The Morgan fingerprint density at radius 3 is 2.42 bits per heavy atom. The summed E-state index contributed by atoms with van der Waals surface area (Å²) >= 11 is 0. The van der Waals surface area contributed by atoms with E-state index >= 15 is 0 Å². The van der Waals surface area contributed by atoms with Gasteiger partial charge in [-0.2, -0.15) is 5.26 Å². The van der Waals surface area contributed by atoms with Crippen molar-refractivity contribution in [3.05, 3.63) is 23.8 Å². The van der Waals surface area contributed by atoms with Crippen molar-refractivity contribution >= 4 is 11.7 Å². The zero-order valence-corrected chi connectivity index (χ0v) is 14.2. The number of nitrogens with zero attached hydrogens (tertiary/aromatic N) is 2. The molecule has 1 aromatic carbocycles. The average molecular weight is 330 g/mol. The fourth-order valence-corrected chi connectivity index (χ4v) is 2.68. The summed E-state index contributed by atoms with van der Waals surface area (Å²) in [6.07, 6.45) is 1.78. The second-order valence-electron chi connectivity index (χ2n) is 5.99. The molecule has 0 radical (unpaired) electrons. The van der Waals surface area contributed by atoms with E-state index < -0.39 is 17.6 Å². The van der Waals surface area contributed by atoms with Gasteiger partial charge in [-0.25, -0.2) is 0 Å². The van der Waals surface area contributed by atoms with Crippen LogP contribution < -0.4 is 9.47 Å². The van der Waals surface area contributed by atoms with Crippen LogP contribution >= 0.6 is 0 Å². The number of nitriles is 1. The molecule has 1 heterocycles. The van der Waals surface area contributed by atoms with Crippen molar-refractivity contribution in [2.45, 2.75) is 32.8 Å². The highest BCUT2D eigenvalue weighted by Crippen LogP contribution is 2.30. The number of ether oxygens (including phenoxy) is 2. The van der Waals surface area contributed by atoms with Crippen LogP contribution in [-0.2, 0) is 4.79 Å². The van der Waals surface area contributed by atoms with Gasteiger partial charge in [0, 0.05) is 18.7 Å². The Morgan fingerprint density at radius 1 is 1.21 bits per heavy atom. The number of likely N-dealkylation sites (tertiary alicyclic amines) is 1. The molecule has 6 heteroatoms. The van der Waals surface area contributed by atoms with Gasteiger partial charge < -0.3 is 14.4 Å². The van der Waals surface area contributed by atoms with E-state index in [1.165, 1.54) is 13.2 Å². The van der Waals surface area contributed by atoms with Crippen molar-refractivity contribution in [1.82, 2.24) is 4.90 Å². The quantitative estimate of drug-likeness (QED) is 0.591. The van der Waals surface area contributed by atoms with E-state index in [0.717, 1.165) is 12.8 Å². The maximum Gasteiger partial charge on any atom is 0.247 e. The van der Waals surface area contributed by atoms with Gasteiger partial charge in [0.25, 0.3) is 0 Å². The number of amides is 1. The van der Waals surface area contributed by atoms with Gasteiger partial charge in [0.2, 0.25) is 5.91 Å². The number of carbonyl (C=O) groups is 2. The third-order valence-corrected chi connectivity index (χ3v) is 3.87. The Hall–Kier alpha value is -2.55. The molecular weight excluding hydrogens is 308 g/mol. The van der Waals surface area contributed by atoms with Crippen LogP contribution in [0.1, 0.15) is 37.0 Å². The van der Waals surface area contributed by atoms with Crippen molar-refractivity contribution in [3.8, 4) is 17.6 Å². The smallest absolute Gasteiger partial charge is 0.247 e. The molecule has 0 spiro atoms. The van der Waals surface area contributed by atoms with Crippen molar-refractivity contribution in [2.24, 2.45) is 5.92 Å². The third-order valence-electron chi connectivity index (χ3n) is 3.87. The molecule has 0 unspecified atom stereocenters. The number of hydrogen-bond donors (Lipinski definition) is 0. The molecule has 0 aromatic heterocycles. The van der Waals surface area contributed by atoms with Crippen LogP contribution in [-0.4, -0.2) is 42.9 Å². The molecule has 1 aliphatic rings. The average Bonchev–Trinajstić information content (AvgIpc) is 3.09. The summed E-state index contributed by atoms with van der Waals surface area (Å²) in [5.41, 5.74) is 0.266. The number of Topliss-reactive ketones (excluding diaryl/α,β-unsaturated/α-hetero) is 1. The summed E-state index contributed by atoms with van der Waals surface area (Å²) in [4.78, 5) is 26.6. The van der Waals surface area contributed by atoms with E-state index in [4.69, 9.17) is 9.47 Å². The Kier molecular flexibility index (Phi) is 5.80. The molecule has 1 aliphatic heterocycles. The molecule has 1 fully saturated rings. The van der Waals surface area contributed by atoms with E-state index in [0.29, 0.717) is 24.6 Å². The number of methoxy groups -OCH3 is 1. The molecule has 1 amide bonds. The first-order valence-electron chi connectivity index (χ1n) is 8.05. The van der Waals surface area contributed by atoms with Crippen LogP contribution in [0.4, 0.5) is 0 Å². The van der Waals surface area contributed by atoms with Gasteiger partial charge in [-0.05, 0) is 44.9 Å². The minimum absolute atomic E-state index is 0.0379. The minimum atomic E-state index is -1.32. The number of carbonyl (C=O) groups excluding carboxylic acids is 2. The molecule has 0 N–H and O–H groups in total. The fourth-order valence-electron chi connectivity index (χ4n) is 2.68. The monoisotopic (exact) mass is 330 g/mol.